The van der Waals surface area contributed by atoms with E-state index in [1.165, 1.54) is 0 Å². The Labute approximate surface area is 130 Å². The zero-order valence-electron chi connectivity index (χ0n) is 9.62. The van der Waals surface area contributed by atoms with Gasteiger partial charge in [-0.2, -0.15) is 0 Å². The summed E-state index contributed by atoms with van der Waals surface area (Å²) in [5.41, 5.74) is 0. The Balaban J connectivity index is 0. The zero-order valence-corrected chi connectivity index (χ0v) is 13.9. The Morgan fingerprint density at radius 3 is 1.86 bits per heavy atom. The molecule has 4 nitrogen and oxygen atoms in total. The van der Waals surface area contributed by atoms with Crippen molar-refractivity contribution in [2.45, 2.75) is 32.7 Å². The van der Waals surface area contributed by atoms with Crippen molar-refractivity contribution in [2.75, 3.05) is 13.2 Å². The van der Waals surface area contributed by atoms with Crippen LogP contribution in [0.2, 0.25) is 5.04 Å². The van der Waals surface area contributed by atoms with Gasteiger partial charge in [-0.3, -0.25) is 0 Å². The monoisotopic (exact) mass is 244 g/mol. The summed E-state index contributed by atoms with van der Waals surface area (Å²) in [6, 6.07) is 0. The molecule has 0 saturated carbocycles. The van der Waals surface area contributed by atoms with Gasteiger partial charge >= 0.3 is 60.7 Å². The second-order valence-electron chi connectivity index (χ2n) is 3.25. The number of carbonyl (C=O) groups excluding carboxylic acids is 1. The molecular formula is C8H17KO4Si. The average molecular weight is 244 g/mol. The van der Waals surface area contributed by atoms with Crippen LogP contribution >= 0.6 is 0 Å². The number of hydrogen-bond donors (Lipinski definition) is 0. The van der Waals surface area contributed by atoms with Gasteiger partial charge in [-0.25, -0.2) is 0 Å². The summed E-state index contributed by atoms with van der Waals surface area (Å²) in [7, 11) is -2.16. The molecule has 0 bridgehead atoms. The molecule has 0 N–H and O–H groups in total. The van der Waals surface area contributed by atoms with Crippen LogP contribution in [0.3, 0.4) is 0 Å². The number of hydrogen-bond acceptors (Lipinski definition) is 4. The third-order valence-corrected chi connectivity index (χ3v) is 4.44. The van der Waals surface area contributed by atoms with Crippen molar-refractivity contribution in [3.8, 4) is 0 Å². The summed E-state index contributed by atoms with van der Waals surface area (Å²) in [6.07, 6.45) is 0. The van der Waals surface area contributed by atoms with Gasteiger partial charge in [0, 0.05) is 24.2 Å². The number of carbonyl (C=O) groups is 1. The Kier molecular flexibility index (Phi) is 10.6. The SMILES string of the molecule is CCO[SiH](OCC)C(C)(C)C(=O)[O-].[K+]. The molecule has 0 aromatic heterocycles. The van der Waals surface area contributed by atoms with Crippen LogP contribution in [0.5, 0.6) is 0 Å². The van der Waals surface area contributed by atoms with Crippen LogP contribution in [0, 0.1) is 0 Å². The third kappa shape index (κ3) is 5.36. The number of carboxylic acids is 1. The van der Waals surface area contributed by atoms with E-state index in [0.29, 0.717) is 13.2 Å². The van der Waals surface area contributed by atoms with Gasteiger partial charge in [0.05, 0.1) is 0 Å². The van der Waals surface area contributed by atoms with Crippen LogP contribution < -0.4 is 56.5 Å². The second-order valence-corrected chi connectivity index (χ2v) is 6.03. The third-order valence-electron chi connectivity index (χ3n) is 1.75. The molecule has 14 heavy (non-hydrogen) atoms. The Bertz CT molecular complexity index is 169. The van der Waals surface area contributed by atoms with Gasteiger partial charge < -0.3 is 18.8 Å². The first-order valence-electron chi connectivity index (χ1n) is 4.41. The Morgan fingerprint density at radius 1 is 1.29 bits per heavy atom. The fourth-order valence-electron chi connectivity index (χ4n) is 0.864. The maximum Gasteiger partial charge on any atom is 1.00 e. The van der Waals surface area contributed by atoms with Gasteiger partial charge in [-0.1, -0.05) is 13.8 Å². The summed E-state index contributed by atoms with van der Waals surface area (Å²) >= 11 is 0. The molecule has 6 heteroatoms. The number of aliphatic carboxylic acids is 1. The van der Waals surface area contributed by atoms with E-state index >= 15 is 0 Å². The second kappa shape index (κ2) is 8.40. The summed E-state index contributed by atoms with van der Waals surface area (Å²) in [5, 5.41) is 9.80. The van der Waals surface area contributed by atoms with Gasteiger partial charge in [-0.05, 0) is 13.8 Å². The molecule has 0 saturated heterocycles. The summed E-state index contributed by atoms with van der Waals surface area (Å²) in [6.45, 7) is 7.78. The number of rotatable bonds is 6. The fourth-order valence-corrected chi connectivity index (χ4v) is 2.59. The van der Waals surface area contributed by atoms with E-state index in [0.717, 1.165) is 0 Å². The molecule has 0 spiro atoms. The Hall–Kier alpha value is 1.24. The van der Waals surface area contributed by atoms with Crippen molar-refractivity contribution in [3.63, 3.8) is 0 Å². The van der Waals surface area contributed by atoms with E-state index in [-0.39, 0.29) is 51.4 Å². The molecule has 0 atom stereocenters. The zero-order chi connectivity index (χ0) is 10.5. The topological polar surface area (TPSA) is 58.6 Å². The van der Waals surface area contributed by atoms with Crippen LogP contribution in [0.4, 0.5) is 0 Å². The predicted molar refractivity (Wildman–Crippen MR) is 49.4 cm³/mol. The van der Waals surface area contributed by atoms with Crippen LogP contribution in [0.1, 0.15) is 27.7 Å². The molecule has 0 amide bonds. The minimum Gasteiger partial charge on any atom is -0.550 e. The van der Waals surface area contributed by atoms with Crippen molar-refractivity contribution in [3.05, 3.63) is 0 Å². The minimum atomic E-state index is -2.16. The van der Waals surface area contributed by atoms with E-state index in [1.54, 1.807) is 13.8 Å². The molecule has 0 unspecified atom stereocenters. The van der Waals surface area contributed by atoms with Crippen LogP contribution in [0.25, 0.3) is 0 Å². The van der Waals surface area contributed by atoms with Crippen LogP contribution in [-0.4, -0.2) is 28.5 Å². The maximum absolute atomic E-state index is 10.8. The normalized spacial score (nSPS) is 11.2. The standard InChI is InChI=1S/C8H18O4Si.K/c1-5-11-13(12-6-2)8(3,4)7(9)10;/h13H,5-6H2,1-4H3,(H,9,10);/q;+1/p-1. The molecule has 0 fully saturated rings. The average Bonchev–Trinajstić information content (AvgIpc) is 2.03. The van der Waals surface area contributed by atoms with E-state index in [9.17, 15) is 9.90 Å². The van der Waals surface area contributed by atoms with Crippen molar-refractivity contribution < 1.29 is 70.1 Å². The first-order chi connectivity index (χ1) is 5.96. The van der Waals surface area contributed by atoms with Crippen molar-refractivity contribution in [1.82, 2.24) is 0 Å². The summed E-state index contributed by atoms with van der Waals surface area (Å²) < 4.78 is 10.6. The van der Waals surface area contributed by atoms with Crippen molar-refractivity contribution in [1.29, 1.82) is 0 Å². The maximum atomic E-state index is 10.8. The molecule has 0 aliphatic carbocycles. The van der Waals surface area contributed by atoms with Gasteiger partial charge in [-0.15, -0.1) is 0 Å². The van der Waals surface area contributed by atoms with Crippen molar-refractivity contribution >= 4 is 15.3 Å². The molecule has 0 aromatic carbocycles. The van der Waals surface area contributed by atoms with Gasteiger partial charge in [0.1, 0.15) is 0 Å². The van der Waals surface area contributed by atoms with Crippen molar-refractivity contribution in [2.24, 2.45) is 0 Å². The summed E-state index contributed by atoms with van der Waals surface area (Å²) in [5.74, 6) is -1.11. The molecule has 0 heterocycles. The van der Waals surface area contributed by atoms with Gasteiger partial charge in [0.25, 0.3) is 0 Å². The van der Waals surface area contributed by atoms with E-state index in [4.69, 9.17) is 8.85 Å². The van der Waals surface area contributed by atoms with E-state index < -0.39 is 20.3 Å². The molecule has 0 aromatic rings. The van der Waals surface area contributed by atoms with Gasteiger partial charge in [0.15, 0.2) is 0 Å². The van der Waals surface area contributed by atoms with E-state index in [1.807, 2.05) is 13.8 Å². The van der Waals surface area contributed by atoms with E-state index in [2.05, 4.69) is 0 Å². The summed E-state index contributed by atoms with van der Waals surface area (Å²) in [4.78, 5) is 10.8. The number of carboxylic acid groups (broad SMARTS) is 1. The molecule has 0 rings (SSSR count). The predicted octanol–water partition coefficient (Wildman–Crippen LogP) is -3.19. The quantitative estimate of drug-likeness (QED) is 0.462. The minimum absolute atomic E-state index is 0. The molecule has 0 aliphatic rings. The molecule has 0 radical (unpaired) electrons. The first kappa shape index (κ1) is 17.6. The fraction of sp³-hybridized carbons (Fsp3) is 0.875. The molecular weight excluding hydrogens is 227 g/mol. The molecule has 78 valence electrons. The van der Waals surface area contributed by atoms with Crippen LogP contribution in [0.15, 0.2) is 0 Å². The smallest absolute Gasteiger partial charge is 0.550 e. The largest absolute Gasteiger partial charge is 1.00 e. The molecule has 0 aliphatic heterocycles. The Morgan fingerprint density at radius 2 is 1.64 bits per heavy atom. The van der Waals surface area contributed by atoms with Crippen LogP contribution in [-0.2, 0) is 13.6 Å². The first-order valence-corrected chi connectivity index (χ1v) is 5.93. The van der Waals surface area contributed by atoms with Gasteiger partial charge in [0.2, 0.25) is 0 Å².